The molecule has 6 nitrogen and oxygen atoms in total. The molecule has 0 saturated heterocycles. The van der Waals surface area contributed by atoms with Crippen LogP contribution in [0.1, 0.15) is 65.1 Å². The summed E-state index contributed by atoms with van der Waals surface area (Å²) in [7, 11) is 1.73. The summed E-state index contributed by atoms with van der Waals surface area (Å²) >= 11 is 1.60. The van der Waals surface area contributed by atoms with E-state index in [9.17, 15) is 19.8 Å². The number of allylic oxidation sites excluding steroid dienone is 3. The number of aryl methyl sites for hydroxylation is 1. The van der Waals surface area contributed by atoms with Crippen LogP contribution >= 0.6 is 11.3 Å². The molecular formula is C28H42N2O4S. The van der Waals surface area contributed by atoms with Gasteiger partial charge in [0.05, 0.1) is 34.7 Å². The van der Waals surface area contributed by atoms with Crippen LogP contribution in [0.2, 0.25) is 0 Å². The molecule has 194 valence electrons. The summed E-state index contributed by atoms with van der Waals surface area (Å²) in [5.74, 6) is -1.28. The third kappa shape index (κ3) is 7.69. The van der Waals surface area contributed by atoms with Gasteiger partial charge < -0.3 is 15.1 Å². The lowest BCUT2D eigenvalue weighted by Gasteiger charge is -2.35. The summed E-state index contributed by atoms with van der Waals surface area (Å²) in [5.41, 5.74) is 1.88. The van der Waals surface area contributed by atoms with E-state index in [1.54, 1.807) is 44.1 Å². The highest BCUT2D eigenvalue weighted by atomic mass is 32.1. The molecule has 2 heterocycles. The summed E-state index contributed by atoms with van der Waals surface area (Å²) in [5, 5.41) is 24.7. The Kier molecular flexibility index (Phi) is 10.2. The van der Waals surface area contributed by atoms with Gasteiger partial charge in [0.15, 0.2) is 0 Å². The van der Waals surface area contributed by atoms with Crippen molar-refractivity contribution >= 4 is 29.1 Å². The van der Waals surface area contributed by atoms with E-state index in [1.165, 1.54) is 0 Å². The molecule has 0 bridgehead atoms. The fourth-order valence-electron chi connectivity index (χ4n) is 4.47. The van der Waals surface area contributed by atoms with Crippen LogP contribution in [0.15, 0.2) is 34.8 Å². The average Bonchev–Trinajstić information content (AvgIpc) is 3.20. The van der Waals surface area contributed by atoms with Crippen molar-refractivity contribution in [2.75, 3.05) is 13.6 Å². The number of thiazole rings is 1. The Morgan fingerprint density at radius 2 is 1.89 bits per heavy atom. The molecule has 7 heteroatoms. The Morgan fingerprint density at radius 3 is 2.49 bits per heavy atom. The van der Waals surface area contributed by atoms with E-state index in [0.29, 0.717) is 13.0 Å². The third-order valence-electron chi connectivity index (χ3n) is 7.19. The zero-order chi connectivity index (χ0) is 26.5. The molecule has 5 atom stereocenters. The van der Waals surface area contributed by atoms with Crippen molar-refractivity contribution in [1.29, 1.82) is 0 Å². The zero-order valence-electron chi connectivity index (χ0n) is 22.4. The van der Waals surface area contributed by atoms with Crippen LogP contribution in [0, 0.1) is 30.1 Å². The number of Topliss-reactive ketones (excluding diaryl/α,β-unsaturated/α-hetero) is 1. The van der Waals surface area contributed by atoms with E-state index in [-0.39, 0.29) is 29.9 Å². The molecule has 1 aromatic heterocycles. The summed E-state index contributed by atoms with van der Waals surface area (Å²) < 4.78 is 0. The number of amides is 1. The lowest BCUT2D eigenvalue weighted by Crippen LogP contribution is -2.46. The molecule has 1 aliphatic heterocycles. The first-order valence-electron chi connectivity index (χ1n) is 12.3. The van der Waals surface area contributed by atoms with Gasteiger partial charge in [0.2, 0.25) is 5.91 Å². The SMILES string of the molecule is CC(=Cc1csc(C)n1)[C@@H]1/C=C(C)/C=C\C[C@H](C)[C@H](O)[C@@H](C)C(=O)C(C)(C)[C@@H](O)CC(=O)N(C)C1. The van der Waals surface area contributed by atoms with Gasteiger partial charge in [0, 0.05) is 30.8 Å². The number of aliphatic hydroxyl groups excluding tert-OH is 2. The van der Waals surface area contributed by atoms with Crippen molar-refractivity contribution in [2.24, 2.45) is 23.2 Å². The molecule has 1 amide bonds. The van der Waals surface area contributed by atoms with E-state index < -0.39 is 23.5 Å². The van der Waals surface area contributed by atoms with Crippen LogP contribution < -0.4 is 0 Å². The van der Waals surface area contributed by atoms with Gasteiger partial charge in [-0.05, 0) is 39.2 Å². The van der Waals surface area contributed by atoms with Crippen LogP contribution in [0.25, 0.3) is 6.08 Å². The summed E-state index contributed by atoms with van der Waals surface area (Å²) in [6, 6.07) is 0. The number of nitrogens with zero attached hydrogens (tertiary/aromatic N) is 2. The smallest absolute Gasteiger partial charge is 0.224 e. The topological polar surface area (TPSA) is 90.7 Å². The standard InChI is InChI=1S/C28H42N2O4S/c1-17-10-9-11-18(2)26(33)20(4)27(34)28(6,7)24(31)14-25(32)30(8)15-22(12-17)19(3)13-23-16-35-21(5)29-23/h9-10,12-13,16,18,20,22,24,26,31,33H,11,14-15H2,1-8H3/b10-9-,17-12+,19-13?/t18-,20+,22+,24-,26-/m0/s1. The maximum absolute atomic E-state index is 13.2. The van der Waals surface area contributed by atoms with E-state index in [2.05, 4.69) is 17.1 Å². The predicted octanol–water partition coefficient (Wildman–Crippen LogP) is 4.82. The average molecular weight is 503 g/mol. The van der Waals surface area contributed by atoms with E-state index in [4.69, 9.17) is 0 Å². The van der Waals surface area contributed by atoms with E-state index >= 15 is 0 Å². The second-order valence-electron chi connectivity index (χ2n) is 10.7. The number of carbonyl (C=O) groups excluding carboxylic acids is 2. The van der Waals surface area contributed by atoms with Crippen LogP contribution in [0.4, 0.5) is 0 Å². The first kappa shape index (κ1) is 29.1. The van der Waals surface area contributed by atoms with Gasteiger partial charge in [-0.15, -0.1) is 11.3 Å². The molecule has 0 aromatic carbocycles. The summed E-state index contributed by atoms with van der Waals surface area (Å²) in [6.45, 7) is 13.4. The van der Waals surface area contributed by atoms with Crippen molar-refractivity contribution in [3.05, 3.63) is 45.5 Å². The molecule has 0 spiro atoms. The predicted molar refractivity (Wildman–Crippen MR) is 143 cm³/mol. The Bertz CT molecular complexity index is 991. The molecular weight excluding hydrogens is 460 g/mol. The maximum atomic E-state index is 13.2. The van der Waals surface area contributed by atoms with Gasteiger partial charge in [-0.1, -0.05) is 57.1 Å². The maximum Gasteiger partial charge on any atom is 0.224 e. The van der Waals surface area contributed by atoms with Crippen LogP contribution in [-0.2, 0) is 9.59 Å². The van der Waals surface area contributed by atoms with Crippen molar-refractivity contribution in [3.8, 4) is 0 Å². The second kappa shape index (κ2) is 12.2. The highest BCUT2D eigenvalue weighted by Gasteiger charge is 2.42. The Morgan fingerprint density at radius 1 is 1.23 bits per heavy atom. The van der Waals surface area contributed by atoms with Crippen molar-refractivity contribution < 1.29 is 19.8 Å². The molecule has 1 aliphatic rings. The van der Waals surface area contributed by atoms with Crippen LogP contribution in [-0.4, -0.2) is 57.6 Å². The fraction of sp³-hybridized carbons (Fsp3) is 0.607. The summed E-state index contributed by atoms with van der Waals surface area (Å²) in [4.78, 5) is 32.4. The summed E-state index contributed by atoms with van der Waals surface area (Å²) in [6.07, 6.45) is 6.74. The number of aromatic nitrogens is 1. The number of ketones is 1. The Hall–Kier alpha value is -2.09. The van der Waals surface area contributed by atoms with Gasteiger partial charge in [-0.25, -0.2) is 4.98 Å². The first-order chi connectivity index (χ1) is 16.2. The normalized spacial score (nSPS) is 32.3. The molecule has 0 radical (unpaired) electrons. The molecule has 2 N–H and O–H groups in total. The number of rotatable bonds is 2. The van der Waals surface area contributed by atoms with E-state index in [0.717, 1.165) is 21.8 Å². The van der Waals surface area contributed by atoms with Crippen molar-refractivity contribution in [2.45, 2.75) is 73.5 Å². The molecule has 35 heavy (non-hydrogen) atoms. The molecule has 0 unspecified atom stereocenters. The molecule has 1 aromatic rings. The van der Waals surface area contributed by atoms with Crippen LogP contribution in [0.5, 0.6) is 0 Å². The monoisotopic (exact) mass is 502 g/mol. The molecule has 0 aliphatic carbocycles. The van der Waals surface area contributed by atoms with Gasteiger partial charge in [-0.3, -0.25) is 9.59 Å². The minimum atomic E-state index is -1.16. The van der Waals surface area contributed by atoms with Crippen molar-refractivity contribution in [1.82, 2.24) is 9.88 Å². The van der Waals surface area contributed by atoms with Crippen LogP contribution in [0.3, 0.4) is 0 Å². The lowest BCUT2D eigenvalue weighted by atomic mass is 9.73. The molecule has 0 fully saturated rings. The minimum absolute atomic E-state index is 0.0432. The molecule has 0 saturated carbocycles. The zero-order valence-corrected chi connectivity index (χ0v) is 23.2. The van der Waals surface area contributed by atoms with Crippen molar-refractivity contribution in [3.63, 3.8) is 0 Å². The fourth-order valence-corrected chi connectivity index (χ4v) is 5.04. The van der Waals surface area contributed by atoms with Gasteiger partial charge >= 0.3 is 0 Å². The quantitative estimate of drug-likeness (QED) is 0.605. The largest absolute Gasteiger partial charge is 0.392 e. The second-order valence-corrected chi connectivity index (χ2v) is 11.7. The van der Waals surface area contributed by atoms with Gasteiger partial charge in [0.25, 0.3) is 0 Å². The highest BCUT2D eigenvalue weighted by Crippen LogP contribution is 2.32. The minimum Gasteiger partial charge on any atom is -0.392 e. The first-order valence-corrected chi connectivity index (χ1v) is 13.2. The van der Waals surface area contributed by atoms with Gasteiger partial charge in [0.1, 0.15) is 5.78 Å². The Balaban J connectivity index is 2.44. The molecule has 2 rings (SSSR count). The lowest BCUT2D eigenvalue weighted by molar-refractivity contribution is -0.144. The number of aliphatic hydroxyl groups is 2. The highest BCUT2D eigenvalue weighted by molar-refractivity contribution is 7.09. The Labute approximate surface area is 214 Å². The van der Waals surface area contributed by atoms with Gasteiger partial charge in [-0.2, -0.15) is 0 Å². The third-order valence-corrected chi connectivity index (χ3v) is 7.98. The number of carbonyl (C=O) groups is 2. The van der Waals surface area contributed by atoms with E-state index in [1.807, 2.05) is 45.2 Å². The number of hydrogen-bond acceptors (Lipinski definition) is 6. The number of hydrogen-bond donors (Lipinski definition) is 2.